The average molecular weight is 435 g/mol. The molecule has 158 valence electrons. The van der Waals surface area contributed by atoms with Crippen molar-refractivity contribution in [3.63, 3.8) is 0 Å². The van der Waals surface area contributed by atoms with Crippen molar-refractivity contribution in [1.29, 1.82) is 0 Å². The summed E-state index contributed by atoms with van der Waals surface area (Å²) < 4.78 is 41.5. The molecule has 0 amide bonds. The Hall–Kier alpha value is -2.67. The highest BCUT2D eigenvalue weighted by molar-refractivity contribution is 6.32. The number of rotatable bonds is 3. The zero-order valence-electron chi connectivity index (χ0n) is 16.7. The van der Waals surface area contributed by atoms with Gasteiger partial charge >= 0.3 is 6.18 Å². The van der Waals surface area contributed by atoms with Crippen molar-refractivity contribution < 1.29 is 13.2 Å². The lowest BCUT2D eigenvalue weighted by atomic mass is 10.0. The third-order valence-corrected chi connectivity index (χ3v) is 5.59. The van der Waals surface area contributed by atoms with Gasteiger partial charge in [-0.2, -0.15) is 18.3 Å². The van der Waals surface area contributed by atoms with Gasteiger partial charge < -0.3 is 10.2 Å². The Morgan fingerprint density at radius 2 is 1.90 bits per heavy atom. The molecule has 4 rings (SSSR count). The van der Waals surface area contributed by atoms with Gasteiger partial charge in [-0.05, 0) is 49.6 Å². The average Bonchev–Trinajstić information content (AvgIpc) is 2.88. The number of aromatic nitrogens is 2. The largest absolute Gasteiger partial charge is 0.416 e. The predicted molar refractivity (Wildman–Crippen MR) is 115 cm³/mol. The monoisotopic (exact) mass is 434 g/mol. The fourth-order valence-electron chi connectivity index (χ4n) is 3.69. The lowest BCUT2D eigenvalue weighted by Crippen LogP contribution is -2.10. The molecule has 8 heteroatoms. The van der Waals surface area contributed by atoms with Gasteiger partial charge in [-0.15, -0.1) is 0 Å². The highest BCUT2D eigenvalue weighted by Crippen LogP contribution is 2.38. The van der Waals surface area contributed by atoms with Crippen molar-refractivity contribution in [2.45, 2.75) is 25.4 Å². The van der Waals surface area contributed by atoms with E-state index in [2.05, 4.69) is 5.32 Å². The molecule has 2 heterocycles. The first-order chi connectivity index (χ1) is 14.3. The van der Waals surface area contributed by atoms with E-state index in [-0.39, 0.29) is 10.7 Å². The van der Waals surface area contributed by atoms with Crippen LogP contribution in [0.3, 0.4) is 0 Å². The standard InChI is InChI=1S/C22H22ClF3N4/c1-29(2)16-7-5-6-14(12-16)20-17-8-3-4-11-27-21(17)30(28-20)19-13-15(22(24,25)26)9-10-18(19)23/h5-7,9-10,12-13,27H,3-4,8,11H2,1-2H3. The molecule has 0 radical (unpaired) electrons. The van der Waals surface area contributed by atoms with Crippen LogP contribution >= 0.6 is 11.6 Å². The fraction of sp³-hybridized carbons (Fsp3) is 0.318. The van der Waals surface area contributed by atoms with Gasteiger partial charge in [0.25, 0.3) is 0 Å². The molecule has 0 unspecified atom stereocenters. The summed E-state index contributed by atoms with van der Waals surface area (Å²) in [6, 6.07) is 11.3. The number of fused-ring (bicyclic) bond motifs is 1. The molecule has 30 heavy (non-hydrogen) atoms. The van der Waals surface area contributed by atoms with E-state index < -0.39 is 11.7 Å². The summed E-state index contributed by atoms with van der Waals surface area (Å²) >= 11 is 6.32. The van der Waals surface area contributed by atoms with E-state index in [0.717, 1.165) is 60.4 Å². The number of nitrogens with zero attached hydrogens (tertiary/aromatic N) is 3. The summed E-state index contributed by atoms with van der Waals surface area (Å²) in [7, 11) is 3.92. The fourth-order valence-corrected chi connectivity index (χ4v) is 3.89. The molecule has 1 aliphatic heterocycles. The molecular weight excluding hydrogens is 413 g/mol. The normalized spacial score (nSPS) is 14.1. The van der Waals surface area contributed by atoms with Gasteiger partial charge in [0, 0.05) is 37.5 Å². The Kier molecular flexibility index (Phi) is 5.40. The van der Waals surface area contributed by atoms with Crippen LogP contribution in [-0.2, 0) is 12.6 Å². The first-order valence-corrected chi connectivity index (χ1v) is 10.1. The topological polar surface area (TPSA) is 33.1 Å². The SMILES string of the molecule is CN(C)c1cccc(-c2nn(-c3cc(C(F)(F)F)ccc3Cl)c3c2CCCCN3)c1. The summed E-state index contributed by atoms with van der Waals surface area (Å²) in [5, 5.41) is 8.31. The summed E-state index contributed by atoms with van der Waals surface area (Å²) in [5.74, 6) is 0.707. The summed E-state index contributed by atoms with van der Waals surface area (Å²) in [5.41, 5.74) is 3.16. The van der Waals surface area contributed by atoms with Crippen LogP contribution < -0.4 is 10.2 Å². The van der Waals surface area contributed by atoms with Crippen molar-refractivity contribution in [2.24, 2.45) is 0 Å². The number of alkyl halides is 3. The molecule has 0 saturated heterocycles. The summed E-state index contributed by atoms with van der Waals surface area (Å²) in [6.45, 7) is 0.729. The molecular formula is C22H22ClF3N4. The number of benzene rings is 2. The summed E-state index contributed by atoms with van der Waals surface area (Å²) in [6.07, 6.45) is -1.72. The Morgan fingerprint density at radius 3 is 2.63 bits per heavy atom. The molecule has 0 saturated carbocycles. The first-order valence-electron chi connectivity index (χ1n) is 9.76. The molecule has 1 aliphatic rings. The zero-order chi connectivity index (χ0) is 21.5. The number of hydrogen-bond donors (Lipinski definition) is 1. The highest BCUT2D eigenvalue weighted by atomic mass is 35.5. The van der Waals surface area contributed by atoms with E-state index >= 15 is 0 Å². The predicted octanol–water partition coefficient (Wildman–Crippen LogP) is 6.03. The van der Waals surface area contributed by atoms with Crippen LogP contribution in [0, 0.1) is 0 Å². The van der Waals surface area contributed by atoms with Crippen molar-refractivity contribution in [3.05, 3.63) is 58.6 Å². The van der Waals surface area contributed by atoms with Gasteiger partial charge in [0.15, 0.2) is 0 Å². The maximum absolute atomic E-state index is 13.3. The molecule has 3 aromatic rings. The van der Waals surface area contributed by atoms with E-state index in [0.29, 0.717) is 5.82 Å². The van der Waals surface area contributed by atoms with Gasteiger partial charge in [-0.1, -0.05) is 23.7 Å². The molecule has 2 aromatic carbocycles. The van der Waals surface area contributed by atoms with E-state index in [1.165, 1.54) is 10.7 Å². The van der Waals surface area contributed by atoms with Crippen molar-refractivity contribution in [1.82, 2.24) is 9.78 Å². The van der Waals surface area contributed by atoms with Crippen molar-refractivity contribution >= 4 is 23.1 Å². The van der Waals surface area contributed by atoms with Crippen LogP contribution in [0.2, 0.25) is 5.02 Å². The Bertz CT molecular complexity index is 1070. The minimum atomic E-state index is -4.46. The van der Waals surface area contributed by atoms with E-state index in [1.807, 2.05) is 43.3 Å². The Labute approximate surface area is 178 Å². The Morgan fingerprint density at radius 1 is 1.10 bits per heavy atom. The number of hydrogen-bond acceptors (Lipinski definition) is 3. The van der Waals surface area contributed by atoms with Gasteiger partial charge in [0.05, 0.1) is 22.0 Å². The molecule has 1 aromatic heterocycles. The first kappa shape index (κ1) is 20.6. The van der Waals surface area contributed by atoms with Gasteiger partial charge in [-0.3, -0.25) is 0 Å². The number of halogens is 4. The number of anilines is 2. The van der Waals surface area contributed by atoms with E-state index in [4.69, 9.17) is 16.7 Å². The molecule has 0 spiro atoms. The minimum absolute atomic E-state index is 0.215. The van der Waals surface area contributed by atoms with Crippen LogP contribution in [-0.4, -0.2) is 30.4 Å². The highest BCUT2D eigenvalue weighted by Gasteiger charge is 2.32. The van der Waals surface area contributed by atoms with Crippen LogP contribution in [0.25, 0.3) is 16.9 Å². The third kappa shape index (κ3) is 3.86. The van der Waals surface area contributed by atoms with Gasteiger partial charge in [-0.25, -0.2) is 4.68 Å². The Balaban J connectivity index is 1.92. The van der Waals surface area contributed by atoms with E-state index in [1.54, 1.807) is 0 Å². The van der Waals surface area contributed by atoms with Crippen LogP contribution in [0.15, 0.2) is 42.5 Å². The van der Waals surface area contributed by atoms with Gasteiger partial charge in [0.2, 0.25) is 0 Å². The second-order valence-electron chi connectivity index (χ2n) is 7.58. The van der Waals surface area contributed by atoms with Crippen LogP contribution in [0.5, 0.6) is 0 Å². The minimum Gasteiger partial charge on any atom is -0.378 e. The molecule has 1 N–H and O–H groups in total. The third-order valence-electron chi connectivity index (χ3n) is 5.27. The maximum Gasteiger partial charge on any atom is 0.416 e. The molecule has 0 bridgehead atoms. The quantitative estimate of drug-likeness (QED) is 0.546. The molecule has 0 fully saturated rings. The number of nitrogens with one attached hydrogen (secondary N) is 1. The maximum atomic E-state index is 13.3. The lowest BCUT2D eigenvalue weighted by molar-refractivity contribution is -0.137. The smallest absolute Gasteiger partial charge is 0.378 e. The lowest BCUT2D eigenvalue weighted by Gasteiger charge is -2.13. The summed E-state index contributed by atoms with van der Waals surface area (Å²) in [4.78, 5) is 2.00. The second-order valence-corrected chi connectivity index (χ2v) is 7.99. The molecule has 0 atom stereocenters. The van der Waals surface area contributed by atoms with Crippen molar-refractivity contribution in [3.8, 4) is 16.9 Å². The van der Waals surface area contributed by atoms with Gasteiger partial charge in [0.1, 0.15) is 5.82 Å². The van der Waals surface area contributed by atoms with Crippen molar-refractivity contribution in [2.75, 3.05) is 30.9 Å². The zero-order valence-corrected chi connectivity index (χ0v) is 17.5. The second kappa shape index (κ2) is 7.87. The van der Waals surface area contributed by atoms with E-state index in [9.17, 15) is 13.2 Å². The van der Waals surface area contributed by atoms with Crippen LogP contribution in [0.1, 0.15) is 24.0 Å². The van der Waals surface area contributed by atoms with Crippen LogP contribution in [0.4, 0.5) is 24.7 Å². The molecule has 4 nitrogen and oxygen atoms in total. The molecule has 0 aliphatic carbocycles.